The molecule has 0 radical (unpaired) electrons. The smallest absolute Gasteiger partial charge is 0.275 e. The number of amides is 2. The molecule has 0 saturated carbocycles. The lowest BCUT2D eigenvalue weighted by molar-refractivity contribution is -0.115. The second kappa shape index (κ2) is 9.88. The lowest BCUT2D eigenvalue weighted by Gasteiger charge is -2.28. The van der Waals surface area contributed by atoms with Crippen molar-refractivity contribution in [2.75, 3.05) is 51.8 Å². The Labute approximate surface area is 188 Å². The van der Waals surface area contributed by atoms with Crippen LogP contribution in [-0.4, -0.2) is 87.6 Å². The van der Waals surface area contributed by atoms with Crippen LogP contribution >= 0.6 is 0 Å². The summed E-state index contributed by atoms with van der Waals surface area (Å²) in [5.74, 6) is -1.05. The van der Waals surface area contributed by atoms with Crippen LogP contribution in [0.15, 0.2) is 35.3 Å². The monoisotopic (exact) mass is 457 g/mol. The van der Waals surface area contributed by atoms with Gasteiger partial charge in [-0.05, 0) is 12.1 Å². The molecule has 12 heteroatoms. The number of likely N-dealkylation sites (N-methyl/N-ethyl adjacent to an activating group) is 1. The number of hydrogen-bond acceptors (Lipinski definition) is 7. The fourth-order valence-electron chi connectivity index (χ4n) is 3.47. The van der Waals surface area contributed by atoms with Crippen molar-refractivity contribution < 1.29 is 18.7 Å². The maximum atomic E-state index is 12.9. The van der Waals surface area contributed by atoms with Gasteiger partial charge in [0.2, 0.25) is 5.91 Å². The van der Waals surface area contributed by atoms with Crippen molar-refractivity contribution in [3.8, 4) is 0 Å². The highest BCUT2D eigenvalue weighted by Gasteiger charge is 2.18. The van der Waals surface area contributed by atoms with E-state index in [0.29, 0.717) is 37.6 Å². The van der Waals surface area contributed by atoms with Crippen molar-refractivity contribution in [1.29, 1.82) is 0 Å². The standard InChI is InChI=1S/C21H24FN7O4/c1-27(4-5-28-6-8-33-9-7-28)21(32)16-12-20(31)29-18(24-16)10-15(26-29)11-19(30)25-17-3-2-14(22)13-23-17/h2-3,10,12-13,24H,4-9,11H2,1H3,(H,23,25,30). The highest BCUT2D eigenvalue weighted by Crippen LogP contribution is 2.08. The van der Waals surface area contributed by atoms with E-state index < -0.39 is 17.3 Å². The van der Waals surface area contributed by atoms with Gasteiger partial charge < -0.3 is 19.9 Å². The molecule has 0 bridgehead atoms. The quantitative estimate of drug-likeness (QED) is 0.517. The van der Waals surface area contributed by atoms with Crippen molar-refractivity contribution in [2.24, 2.45) is 0 Å². The second-order valence-electron chi connectivity index (χ2n) is 7.72. The number of rotatable bonds is 7. The number of anilines is 1. The molecule has 2 N–H and O–H groups in total. The topological polar surface area (TPSA) is 125 Å². The van der Waals surface area contributed by atoms with Gasteiger partial charge in [0.05, 0.1) is 31.5 Å². The highest BCUT2D eigenvalue weighted by molar-refractivity contribution is 5.93. The van der Waals surface area contributed by atoms with E-state index in [-0.39, 0.29) is 23.8 Å². The summed E-state index contributed by atoms with van der Waals surface area (Å²) in [6.07, 6.45) is 0.868. The molecular formula is C21H24FN7O4. The van der Waals surface area contributed by atoms with E-state index in [4.69, 9.17) is 4.74 Å². The first kappa shape index (κ1) is 22.6. The molecule has 11 nitrogen and oxygen atoms in total. The van der Waals surface area contributed by atoms with E-state index in [1.807, 2.05) is 0 Å². The van der Waals surface area contributed by atoms with Crippen molar-refractivity contribution in [3.05, 3.63) is 58.0 Å². The molecule has 0 unspecified atom stereocenters. The van der Waals surface area contributed by atoms with Gasteiger partial charge in [0.15, 0.2) is 0 Å². The predicted molar refractivity (Wildman–Crippen MR) is 117 cm³/mol. The van der Waals surface area contributed by atoms with E-state index in [2.05, 4.69) is 25.3 Å². The SMILES string of the molecule is CN(CCN1CCOCC1)C(=O)c1cc(=O)n2nc(CC(=O)Nc3ccc(F)cn3)cc2[nH]1. The highest BCUT2D eigenvalue weighted by atomic mass is 19.1. The third-order valence-electron chi connectivity index (χ3n) is 5.27. The molecule has 3 aromatic rings. The molecule has 3 aromatic heterocycles. The Morgan fingerprint density at radius 2 is 2.06 bits per heavy atom. The van der Waals surface area contributed by atoms with Gasteiger partial charge in [-0.1, -0.05) is 0 Å². The molecule has 4 rings (SSSR count). The number of carbonyl (C=O) groups excluding carboxylic acids is 2. The van der Waals surface area contributed by atoms with Gasteiger partial charge in [0.1, 0.15) is 23.0 Å². The van der Waals surface area contributed by atoms with Gasteiger partial charge in [-0.2, -0.15) is 9.61 Å². The van der Waals surface area contributed by atoms with E-state index in [1.54, 1.807) is 11.9 Å². The van der Waals surface area contributed by atoms with Gasteiger partial charge in [-0.3, -0.25) is 19.3 Å². The molecule has 0 aromatic carbocycles. The molecule has 2 amide bonds. The van der Waals surface area contributed by atoms with Crippen molar-refractivity contribution in [2.45, 2.75) is 6.42 Å². The van der Waals surface area contributed by atoms with Crippen LogP contribution in [0.3, 0.4) is 0 Å². The number of pyridine rings is 1. The zero-order valence-electron chi connectivity index (χ0n) is 18.1. The molecule has 33 heavy (non-hydrogen) atoms. The first-order chi connectivity index (χ1) is 15.9. The van der Waals surface area contributed by atoms with Crippen LogP contribution in [0.2, 0.25) is 0 Å². The summed E-state index contributed by atoms with van der Waals surface area (Å²) in [4.78, 5) is 48.0. The van der Waals surface area contributed by atoms with Crippen LogP contribution in [0.25, 0.3) is 5.65 Å². The number of halogens is 1. The Balaban J connectivity index is 1.42. The molecule has 0 aliphatic carbocycles. The van der Waals surface area contributed by atoms with Crippen LogP contribution in [0, 0.1) is 5.82 Å². The number of aromatic amines is 1. The number of aromatic nitrogens is 4. The summed E-state index contributed by atoms with van der Waals surface area (Å²) in [7, 11) is 1.68. The molecule has 0 atom stereocenters. The van der Waals surface area contributed by atoms with Crippen molar-refractivity contribution in [1.82, 2.24) is 29.4 Å². The number of nitrogens with zero attached hydrogens (tertiary/aromatic N) is 5. The lowest BCUT2D eigenvalue weighted by Crippen LogP contribution is -2.42. The number of H-pyrrole nitrogens is 1. The number of ether oxygens (including phenoxy) is 1. The van der Waals surface area contributed by atoms with Crippen LogP contribution in [0.1, 0.15) is 16.2 Å². The molecule has 1 fully saturated rings. The zero-order chi connectivity index (χ0) is 23.4. The maximum Gasteiger partial charge on any atom is 0.275 e. The number of hydrogen-bond donors (Lipinski definition) is 2. The molecule has 174 valence electrons. The van der Waals surface area contributed by atoms with Gasteiger partial charge in [-0.15, -0.1) is 0 Å². The van der Waals surface area contributed by atoms with E-state index in [9.17, 15) is 18.8 Å². The fourth-order valence-corrected chi connectivity index (χ4v) is 3.47. The first-order valence-corrected chi connectivity index (χ1v) is 10.5. The van der Waals surface area contributed by atoms with Crippen molar-refractivity contribution in [3.63, 3.8) is 0 Å². The molecule has 1 aliphatic heterocycles. The average molecular weight is 457 g/mol. The first-order valence-electron chi connectivity index (χ1n) is 10.5. The minimum Gasteiger partial charge on any atom is -0.379 e. The van der Waals surface area contributed by atoms with Gasteiger partial charge >= 0.3 is 0 Å². The minimum atomic E-state index is -0.510. The second-order valence-corrected chi connectivity index (χ2v) is 7.72. The van der Waals surface area contributed by atoms with Crippen LogP contribution in [0.5, 0.6) is 0 Å². The molecule has 4 heterocycles. The van der Waals surface area contributed by atoms with Gasteiger partial charge in [0.25, 0.3) is 11.5 Å². The van der Waals surface area contributed by atoms with Crippen LogP contribution < -0.4 is 10.9 Å². The summed E-state index contributed by atoms with van der Waals surface area (Å²) >= 11 is 0. The Morgan fingerprint density at radius 3 is 2.79 bits per heavy atom. The number of fused-ring (bicyclic) bond motifs is 1. The third-order valence-corrected chi connectivity index (χ3v) is 5.27. The Hall–Kier alpha value is -3.64. The van der Waals surface area contributed by atoms with Gasteiger partial charge in [0, 0.05) is 45.4 Å². The summed E-state index contributed by atoms with van der Waals surface area (Å²) in [5.41, 5.74) is 0.285. The Morgan fingerprint density at radius 1 is 1.27 bits per heavy atom. The molecular weight excluding hydrogens is 433 g/mol. The summed E-state index contributed by atoms with van der Waals surface area (Å²) in [6, 6.07) is 5.25. The Bertz CT molecular complexity index is 1200. The molecule has 1 aliphatic rings. The van der Waals surface area contributed by atoms with Crippen LogP contribution in [0.4, 0.5) is 10.2 Å². The molecule has 0 spiro atoms. The van der Waals surface area contributed by atoms with Crippen LogP contribution in [-0.2, 0) is 16.0 Å². The van der Waals surface area contributed by atoms with E-state index in [1.165, 1.54) is 24.3 Å². The normalized spacial score (nSPS) is 14.4. The summed E-state index contributed by atoms with van der Waals surface area (Å²) in [5, 5.41) is 6.67. The third kappa shape index (κ3) is 5.59. The van der Waals surface area contributed by atoms with Crippen molar-refractivity contribution >= 4 is 23.3 Å². The minimum absolute atomic E-state index is 0.128. The zero-order valence-corrected chi connectivity index (χ0v) is 18.1. The average Bonchev–Trinajstić information content (AvgIpc) is 3.22. The maximum absolute atomic E-state index is 12.9. The summed E-state index contributed by atoms with van der Waals surface area (Å²) in [6.45, 7) is 4.25. The predicted octanol–water partition coefficient (Wildman–Crippen LogP) is 0.142. The largest absolute Gasteiger partial charge is 0.379 e. The Kier molecular flexibility index (Phi) is 6.75. The lowest BCUT2D eigenvalue weighted by atomic mass is 10.3. The molecule has 1 saturated heterocycles. The number of nitrogens with one attached hydrogen (secondary N) is 2. The number of carbonyl (C=O) groups is 2. The van der Waals surface area contributed by atoms with E-state index in [0.717, 1.165) is 23.8 Å². The number of morpholine rings is 1. The fraction of sp³-hybridized carbons (Fsp3) is 0.381. The summed E-state index contributed by atoms with van der Waals surface area (Å²) < 4.78 is 19.4. The van der Waals surface area contributed by atoms with Gasteiger partial charge in [-0.25, -0.2) is 9.37 Å². The van der Waals surface area contributed by atoms with E-state index >= 15 is 0 Å².